The van der Waals surface area contributed by atoms with Crippen molar-refractivity contribution in [1.82, 2.24) is 9.88 Å². The minimum atomic E-state index is -0.922. The Balaban J connectivity index is 1.80. The lowest BCUT2D eigenvalue weighted by Crippen LogP contribution is -2.29. The van der Waals surface area contributed by atoms with Crippen LogP contribution in [0.1, 0.15) is 28.2 Å². The van der Waals surface area contributed by atoms with Crippen molar-refractivity contribution in [2.75, 3.05) is 7.05 Å². The molecule has 0 aliphatic carbocycles. The molecule has 25 heavy (non-hydrogen) atoms. The molecule has 0 saturated carbocycles. The van der Waals surface area contributed by atoms with Gasteiger partial charge >= 0.3 is 0 Å². The molecule has 2 aromatic carbocycles. The maximum absolute atomic E-state index is 13.4. The Bertz CT molecular complexity index is 895. The van der Waals surface area contributed by atoms with Crippen LogP contribution in [-0.2, 0) is 0 Å². The van der Waals surface area contributed by atoms with E-state index in [2.05, 4.69) is 4.98 Å². The summed E-state index contributed by atoms with van der Waals surface area (Å²) in [4.78, 5) is 19.0. The molecule has 6 heteroatoms. The van der Waals surface area contributed by atoms with Crippen molar-refractivity contribution >= 4 is 17.2 Å². The van der Waals surface area contributed by atoms with Crippen molar-refractivity contribution < 1.29 is 13.6 Å². The number of carbonyl (C=O) groups excluding carboxylic acids is 1. The minimum absolute atomic E-state index is 0.211. The SMILES string of the molecule is CC(c1ccc(F)c(F)c1)N(C)C(=O)c1cnc(-c2ccccc2)s1. The summed E-state index contributed by atoms with van der Waals surface area (Å²) >= 11 is 1.30. The fourth-order valence-electron chi connectivity index (χ4n) is 2.43. The zero-order chi connectivity index (χ0) is 18.0. The van der Waals surface area contributed by atoms with Gasteiger partial charge < -0.3 is 4.90 Å². The third kappa shape index (κ3) is 3.58. The average Bonchev–Trinajstić information content (AvgIpc) is 3.13. The number of benzene rings is 2. The van der Waals surface area contributed by atoms with E-state index < -0.39 is 17.7 Å². The smallest absolute Gasteiger partial charge is 0.265 e. The first-order valence-electron chi connectivity index (χ1n) is 7.70. The van der Waals surface area contributed by atoms with E-state index in [9.17, 15) is 13.6 Å². The molecule has 0 radical (unpaired) electrons. The van der Waals surface area contributed by atoms with Crippen molar-refractivity contribution in [2.45, 2.75) is 13.0 Å². The van der Waals surface area contributed by atoms with Crippen LogP contribution in [0.15, 0.2) is 54.7 Å². The summed E-state index contributed by atoms with van der Waals surface area (Å²) in [7, 11) is 1.64. The van der Waals surface area contributed by atoms with Gasteiger partial charge in [-0.15, -0.1) is 11.3 Å². The maximum atomic E-state index is 13.4. The molecule has 1 heterocycles. The molecule has 0 saturated heterocycles. The number of hydrogen-bond acceptors (Lipinski definition) is 3. The number of rotatable bonds is 4. The number of amides is 1. The van der Waals surface area contributed by atoms with Crippen LogP contribution < -0.4 is 0 Å². The molecule has 0 fully saturated rings. The predicted octanol–water partition coefficient (Wildman–Crippen LogP) is 4.92. The molecule has 0 bridgehead atoms. The molecule has 3 rings (SSSR count). The number of aromatic nitrogens is 1. The topological polar surface area (TPSA) is 33.2 Å². The molecule has 0 N–H and O–H groups in total. The highest BCUT2D eigenvalue weighted by Gasteiger charge is 2.22. The lowest BCUT2D eigenvalue weighted by atomic mass is 10.1. The Morgan fingerprint density at radius 1 is 1.12 bits per heavy atom. The zero-order valence-corrected chi connectivity index (χ0v) is 14.6. The van der Waals surface area contributed by atoms with E-state index in [-0.39, 0.29) is 5.91 Å². The molecule has 0 aliphatic heterocycles. The fraction of sp³-hybridized carbons (Fsp3) is 0.158. The second kappa shape index (κ2) is 7.11. The lowest BCUT2D eigenvalue weighted by molar-refractivity contribution is 0.0747. The molecular formula is C19H16F2N2OS. The quantitative estimate of drug-likeness (QED) is 0.663. The van der Waals surface area contributed by atoms with Crippen LogP contribution in [0, 0.1) is 11.6 Å². The van der Waals surface area contributed by atoms with Gasteiger partial charge in [-0.1, -0.05) is 36.4 Å². The molecule has 3 aromatic rings. The number of nitrogens with zero attached hydrogens (tertiary/aromatic N) is 2. The van der Waals surface area contributed by atoms with Crippen molar-refractivity contribution in [3.8, 4) is 10.6 Å². The standard InChI is InChI=1S/C19H16F2N2OS/c1-12(14-8-9-15(20)16(21)10-14)23(2)19(24)17-11-22-18(25-17)13-6-4-3-5-7-13/h3-12H,1-2H3. The molecule has 1 aromatic heterocycles. The van der Waals surface area contributed by atoms with Gasteiger partial charge in [-0.25, -0.2) is 13.8 Å². The minimum Gasteiger partial charge on any atom is -0.334 e. The average molecular weight is 358 g/mol. The van der Waals surface area contributed by atoms with E-state index in [0.29, 0.717) is 10.4 Å². The van der Waals surface area contributed by atoms with E-state index in [0.717, 1.165) is 22.7 Å². The van der Waals surface area contributed by atoms with Crippen LogP contribution in [0.4, 0.5) is 8.78 Å². The van der Waals surface area contributed by atoms with Crippen LogP contribution in [0.2, 0.25) is 0 Å². The molecule has 1 unspecified atom stereocenters. The Hall–Kier alpha value is -2.60. The van der Waals surface area contributed by atoms with E-state index >= 15 is 0 Å². The Labute approximate surface area is 148 Å². The zero-order valence-electron chi connectivity index (χ0n) is 13.7. The fourth-order valence-corrected chi connectivity index (χ4v) is 3.34. The first-order valence-corrected chi connectivity index (χ1v) is 8.52. The summed E-state index contributed by atoms with van der Waals surface area (Å²) in [5.74, 6) is -2.04. The van der Waals surface area contributed by atoms with Gasteiger partial charge in [-0.3, -0.25) is 4.79 Å². The van der Waals surface area contributed by atoms with Crippen LogP contribution in [0.3, 0.4) is 0 Å². The predicted molar refractivity (Wildman–Crippen MR) is 94.4 cm³/mol. The molecule has 128 valence electrons. The van der Waals surface area contributed by atoms with Crippen LogP contribution in [-0.4, -0.2) is 22.8 Å². The number of hydrogen-bond donors (Lipinski definition) is 0. The van der Waals surface area contributed by atoms with Crippen molar-refractivity contribution in [2.24, 2.45) is 0 Å². The lowest BCUT2D eigenvalue weighted by Gasteiger charge is -2.24. The summed E-state index contributed by atoms with van der Waals surface area (Å²) in [6, 6.07) is 12.9. The van der Waals surface area contributed by atoms with Gasteiger partial charge in [0.2, 0.25) is 0 Å². The van der Waals surface area contributed by atoms with Gasteiger partial charge in [0, 0.05) is 12.6 Å². The summed E-state index contributed by atoms with van der Waals surface area (Å²) in [6.07, 6.45) is 1.55. The van der Waals surface area contributed by atoms with Crippen LogP contribution >= 0.6 is 11.3 Å². The van der Waals surface area contributed by atoms with Gasteiger partial charge in [0.25, 0.3) is 5.91 Å². The maximum Gasteiger partial charge on any atom is 0.265 e. The Morgan fingerprint density at radius 3 is 2.52 bits per heavy atom. The van der Waals surface area contributed by atoms with Gasteiger partial charge in [-0.2, -0.15) is 0 Å². The second-order valence-electron chi connectivity index (χ2n) is 5.66. The number of halogens is 2. The third-order valence-electron chi connectivity index (χ3n) is 4.06. The van der Waals surface area contributed by atoms with Crippen molar-refractivity contribution in [3.05, 3.63) is 76.8 Å². The van der Waals surface area contributed by atoms with Crippen molar-refractivity contribution in [3.63, 3.8) is 0 Å². The molecular weight excluding hydrogens is 342 g/mol. The normalized spacial score (nSPS) is 12.0. The monoisotopic (exact) mass is 358 g/mol. The number of carbonyl (C=O) groups is 1. The first-order chi connectivity index (χ1) is 12.0. The molecule has 1 amide bonds. The molecule has 0 aliphatic rings. The summed E-state index contributed by atoms with van der Waals surface area (Å²) in [6.45, 7) is 1.77. The van der Waals surface area contributed by atoms with E-state index in [1.54, 1.807) is 20.2 Å². The highest BCUT2D eigenvalue weighted by atomic mass is 32.1. The largest absolute Gasteiger partial charge is 0.334 e. The van der Waals surface area contributed by atoms with Gasteiger partial charge in [0.1, 0.15) is 9.88 Å². The highest BCUT2D eigenvalue weighted by molar-refractivity contribution is 7.16. The van der Waals surface area contributed by atoms with E-state index in [4.69, 9.17) is 0 Å². The van der Waals surface area contributed by atoms with Gasteiger partial charge in [0.15, 0.2) is 11.6 Å². The van der Waals surface area contributed by atoms with E-state index in [1.165, 1.54) is 22.3 Å². The second-order valence-corrected chi connectivity index (χ2v) is 6.69. The molecule has 3 nitrogen and oxygen atoms in total. The van der Waals surface area contributed by atoms with Crippen molar-refractivity contribution in [1.29, 1.82) is 0 Å². The van der Waals surface area contributed by atoms with Gasteiger partial charge in [-0.05, 0) is 24.6 Å². The Kier molecular flexibility index (Phi) is 4.90. The van der Waals surface area contributed by atoms with E-state index in [1.807, 2.05) is 30.3 Å². The summed E-state index contributed by atoms with van der Waals surface area (Å²) in [5, 5.41) is 0.762. The van der Waals surface area contributed by atoms with Crippen LogP contribution in [0.25, 0.3) is 10.6 Å². The third-order valence-corrected chi connectivity index (χ3v) is 5.10. The Morgan fingerprint density at radius 2 is 1.84 bits per heavy atom. The summed E-state index contributed by atoms with van der Waals surface area (Å²) < 4.78 is 26.5. The molecule has 1 atom stereocenters. The first kappa shape index (κ1) is 17.2. The number of thiazole rings is 1. The molecule has 0 spiro atoms. The highest BCUT2D eigenvalue weighted by Crippen LogP contribution is 2.28. The van der Waals surface area contributed by atoms with Gasteiger partial charge in [0.05, 0.1) is 12.2 Å². The summed E-state index contributed by atoms with van der Waals surface area (Å²) in [5.41, 5.74) is 1.48. The van der Waals surface area contributed by atoms with Crippen LogP contribution in [0.5, 0.6) is 0 Å².